The van der Waals surface area contributed by atoms with Gasteiger partial charge in [-0.3, -0.25) is 0 Å². The standard InChI is InChI=1S/C61H41N3/c1-2-18-42(19-3-1)61(55-30-10-4-24-49(55)50-25-5-11-31-56(50)61)43-20-16-21-46(40-43)62(44-36-38-45(39-37-44)63-57-32-12-6-26-51(57)52-27-7-13-33-58(52)63)47-22-17-23-48(41-47)64-59-34-14-8-28-53(59)54-29-9-15-35-60(54)64/h1-41H. The second-order valence-electron chi connectivity index (χ2n) is 16.9. The minimum Gasteiger partial charge on any atom is -0.310 e. The first-order valence-corrected chi connectivity index (χ1v) is 22.1. The van der Waals surface area contributed by atoms with Gasteiger partial charge in [-0.1, -0.05) is 170 Å². The fraction of sp³-hybridized carbons (Fsp3) is 0.0164. The quantitative estimate of drug-likeness (QED) is 0.156. The molecule has 2 heterocycles. The van der Waals surface area contributed by atoms with Gasteiger partial charge in [0.15, 0.2) is 0 Å². The Bertz CT molecular complexity index is 3590. The van der Waals surface area contributed by atoms with Crippen LogP contribution in [0.1, 0.15) is 22.3 Å². The fourth-order valence-corrected chi connectivity index (χ4v) is 11.0. The number of anilines is 3. The van der Waals surface area contributed by atoms with Gasteiger partial charge in [-0.15, -0.1) is 0 Å². The van der Waals surface area contributed by atoms with Gasteiger partial charge in [-0.2, -0.15) is 0 Å². The second-order valence-corrected chi connectivity index (χ2v) is 16.9. The molecule has 0 aliphatic heterocycles. The number of hydrogen-bond acceptors (Lipinski definition) is 1. The molecule has 10 aromatic carbocycles. The molecule has 0 amide bonds. The van der Waals surface area contributed by atoms with Crippen LogP contribution in [-0.4, -0.2) is 9.13 Å². The Morgan fingerprint density at radius 2 is 0.703 bits per heavy atom. The van der Waals surface area contributed by atoms with E-state index >= 15 is 0 Å². The molecule has 1 aliphatic rings. The van der Waals surface area contributed by atoms with Gasteiger partial charge in [0.05, 0.1) is 27.5 Å². The van der Waals surface area contributed by atoms with E-state index in [1.165, 1.54) is 77.0 Å². The summed E-state index contributed by atoms with van der Waals surface area (Å²) in [4.78, 5) is 2.43. The van der Waals surface area contributed by atoms with Crippen LogP contribution < -0.4 is 4.90 Å². The Morgan fingerprint density at radius 1 is 0.281 bits per heavy atom. The van der Waals surface area contributed by atoms with Crippen molar-refractivity contribution in [1.29, 1.82) is 0 Å². The molecular weight excluding hydrogens is 775 g/mol. The van der Waals surface area contributed by atoms with Gasteiger partial charge in [0, 0.05) is 50.0 Å². The summed E-state index contributed by atoms with van der Waals surface area (Å²) in [5.74, 6) is 0. The first-order valence-electron chi connectivity index (χ1n) is 22.1. The van der Waals surface area contributed by atoms with Gasteiger partial charge < -0.3 is 14.0 Å². The monoisotopic (exact) mass is 815 g/mol. The molecule has 12 aromatic rings. The van der Waals surface area contributed by atoms with Crippen LogP contribution in [0, 0.1) is 0 Å². The molecule has 0 atom stereocenters. The molecule has 3 heteroatoms. The van der Waals surface area contributed by atoms with Crippen molar-refractivity contribution < 1.29 is 0 Å². The van der Waals surface area contributed by atoms with E-state index in [4.69, 9.17) is 0 Å². The predicted molar refractivity (Wildman–Crippen MR) is 267 cm³/mol. The van der Waals surface area contributed by atoms with Gasteiger partial charge in [0.2, 0.25) is 0 Å². The summed E-state index contributed by atoms with van der Waals surface area (Å²) >= 11 is 0. The summed E-state index contributed by atoms with van der Waals surface area (Å²) in [5, 5.41) is 5.00. The van der Waals surface area contributed by atoms with Crippen molar-refractivity contribution in [2.24, 2.45) is 0 Å². The molecule has 0 unspecified atom stereocenters. The van der Waals surface area contributed by atoms with E-state index in [0.717, 1.165) is 28.4 Å². The summed E-state index contributed by atoms with van der Waals surface area (Å²) in [6, 6.07) is 91.3. The van der Waals surface area contributed by atoms with E-state index in [-0.39, 0.29) is 0 Å². The molecule has 0 fully saturated rings. The van der Waals surface area contributed by atoms with Crippen LogP contribution in [0.3, 0.4) is 0 Å². The summed E-state index contributed by atoms with van der Waals surface area (Å²) in [6.45, 7) is 0. The van der Waals surface area contributed by atoms with Crippen molar-refractivity contribution in [2.75, 3.05) is 4.90 Å². The highest BCUT2D eigenvalue weighted by Gasteiger charge is 2.46. The first kappa shape index (κ1) is 36.3. The van der Waals surface area contributed by atoms with Crippen LogP contribution >= 0.6 is 0 Å². The third-order valence-corrected chi connectivity index (χ3v) is 13.6. The van der Waals surface area contributed by atoms with E-state index in [1.807, 2.05) is 0 Å². The zero-order chi connectivity index (χ0) is 42.2. The largest absolute Gasteiger partial charge is 0.310 e. The smallest absolute Gasteiger partial charge is 0.0714 e. The molecule has 0 saturated heterocycles. The SMILES string of the molecule is c1ccc(C2(c3cccc(N(c4ccc(-n5c6ccccc6c6ccccc65)cc4)c4cccc(-n5c6ccccc6c6ccccc65)c4)c3)c3ccccc3-c3ccccc32)cc1. The van der Waals surface area contributed by atoms with Crippen LogP contribution in [0.15, 0.2) is 249 Å². The zero-order valence-corrected chi connectivity index (χ0v) is 35.0. The maximum absolute atomic E-state index is 2.43. The number of nitrogens with zero attached hydrogens (tertiary/aromatic N) is 3. The summed E-state index contributed by atoms with van der Waals surface area (Å²) in [6.07, 6.45) is 0. The van der Waals surface area contributed by atoms with E-state index in [1.54, 1.807) is 0 Å². The van der Waals surface area contributed by atoms with E-state index in [0.29, 0.717) is 0 Å². The topological polar surface area (TPSA) is 13.1 Å². The zero-order valence-electron chi connectivity index (χ0n) is 35.0. The number of benzene rings is 10. The Hall–Kier alpha value is -8.40. The van der Waals surface area contributed by atoms with Gasteiger partial charge in [0.1, 0.15) is 0 Å². The van der Waals surface area contributed by atoms with E-state index < -0.39 is 5.41 Å². The molecule has 3 nitrogen and oxygen atoms in total. The van der Waals surface area contributed by atoms with Crippen molar-refractivity contribution in [2.45, 2.75) is 5.41 Å². The van der Waals surface area contributed by atoms with Crippen molar-refractivity contribution in [1.82, 2.24) is 9.13 Å². The normalized spacial score (nSPS) is 12.8. The van der Waals surface area contributed by atoms with Crippen LogP contribution in [0.4, 0.5) is 17.1 Å². The molecule has 0 radical (unpaired) electrons. The predicted octanol–water partition coefficient (Wildman–Crippen LogP) is 15.7. The molecule has 0 saturated carbocycles. The number of para-hydroxylation sites is 4. The molecule has 64 heavy (non-hydrogen) atoms. The van der Waals surface area contributed by atoms with E-state index in [2.05, 4.69) is 263 Å². The van der Waals surface area contributed by atoms with Crippen LogP contribution in [-0.2, 0) is 5.41 Å². The third kappa shape index (κ3) is 5.28. The molecule has 0 spiro atoms. The third-order valence-electron chi connectivity index (χ3n) is 13.6. The number of fused-ring (bicyclic) bond motifs is 9. The van der Waals surface area contributed by atoms with Crippen LogP contribution in [0.5, 0.6) is 0 Å². The van der Waals surface area contributed by atoms with Crippen molar-refractivity contribution in [3.05, 3.63) is 271 Å². The Kier molecular flexibility index (Phi) is 8.13. The molecule has 13 rings (SSSR count). The van der Waals surface area contributed by atoms with Gasteiger partial charge in [-0.25, -0.2) is 0 Å². The summed E-state index contributed by atoms with van der Waals surface area (Å²) in [5.41, 5.74) is 17.3. The summed E-state index contributed by atoms with van der Waals surface area (Å²) < 4.78 is 4.80. The van der Waals surface area contributed by atoms with Gasteiger partial charge >= 0.3 is 0 Å². The minimum absolute atomic E-state index is 0.526. The van der Waals surface area contributed by atoms with Crippen LogP contribution in [0.25, 0.3) is 66.1 Å². The molecule has 300 valence electrons. The molecule has 0 bridgehead atoms. The Labute approximate surface area is 372 Å². The average molecular weight is 816 g/mol. The van der Waals surface area contributed by atoms with Crippen LogP contribution in [0.2, 0.25) is 0 Å². The summed E-state index contributed by atoms with van der Waals surface area (Å²) in [7, 11) is 0. The molecule has 0 N–H and O–H groups in total. The highest BCUT2D eigenvalue weighted by atomic mass is 15.1. The number of aromatic nitrogens is 2. The Balaban J connectivity index is 1.04. The van der Waals surface area contributed by atoms with Gasteiger partial charge in [0.25, 0.3) is 0 Å². The number of hydrogen-bond donors (Lipinski definition) is 0. The lowest BCUT2D eigenvalue weighted by Crippen LogP contribution is -2.28. The van der Waals surface area contributed by atoms with Crippen molar-refractivity contribution >= 4 is 60.7 Å². The molecular formula is C61H41N3. The minimum atomic E-state index is -0.526. The molecule has 2 aromatic heterocycles. The van der Waals surface area contributed by atoms with Crippen molar-refractivity contribution in [3.8, 4) is 22.5 Å². The lowest BCUT2D eigenvalue weighted by Gasteiger charge is -2.35. The Morgan fingerprint density at radius 3 is 1.25 bits per heavy atom. The van der Waals surface area contributed by atoms with Crippen molar-refractivity contribution in [3.63, 3.8) is 0 Å². The fourth-order valence-electron chi connectivity index (χ4n) is 11.0. The van der Waals surface area contributed by atoms with E-state index in [9.17, 15) is 0 Å². The maximum Gasteiger partial charge on any atom is 0.0714 e. The highest BCUT2D eigenvalue weighted by molar-refractivity contribution is 6.10. The lowest BCUT2D eigenvalue weighted by molar-refractivity contribution is 0.768. The lowest BCUT2D eigenvalue weighted by atomic mass is 9.67. The maximum atomic E-state index is 2.43. The molecule has 1 aliphatic carbocycles. The number of rotatable bonds is 7. The average Bonchev–Trinajstić information content (AvgIpc) is 4.00. The first-order chi connectivity index (χ1) is 31.8. The highest BCUT2D eigenvalue weighted by Crippen LogP contribution is 2.56. The second kappa shape index (κ2) is 14.3. The van der Waals surface area contributed by atoms with Gasteiger partial charge in [-0.05, 0) is 112 Å².